The lowest BCUT2D eigenvalue weighted by molar-refractivity contribution is -0.120. The highest BCUT2D eigenvalue weighted by atomic mass is 35.5. The van der Waals surface area contributed by atoms with Crippen LogP contribution in [0.1, 0.15) is 25.3 Å². The van der Waals surface area contributed by atoms with Crippen molar-refractivity contribution >= 4 is 29.0 Å². The predicted molar refractivity (Wildman–Crippen MR) is 131 cm³/mol. The van der Waals surface area contributed by atoms with Crippen molar-refractivity contribution in [2.75, 3.05) is 29.9 Å². The molecule has 0 spiro atoms. The molecule has 1 amide bonds. The van der Waals surface area contributed by atoms with Crippen molar-refractivity contribution in [1.29, 1.82) is 0 Å². The van der Waals surface area contributed by atoms with E-state index >= 15 is 0 Å². The number of carbonyl (C=O) groups excluding carboxylic acids is 1. The molecule has 1 aliphatic rings. The molecular formula is C25H27ClN4O3. The monoisotopic (exact) mass is 466 g/mol. The Morgan fingerprint density at radius 3 is 2.52 bits per heavy atom. The number of ether oxygens (including phenoxy) is 1. The van der Waals surface area contributed by atoms with E-state index in [1.165, 1.54) is 10.7 Å². The quantitative estimate of drug-likeness (QED) is 0.580. The second-order valence-corrected chi connectivity index (χ2v) is 8.49. The number of halogens is 1. The first-order valence-corrected chi connectivity index (χ1v) is 11.5. The van der Waals surface area contributed by atoms with Crippen LogP contribution >= 0.6 is 11.6 Å². The Morgan fingerprint density at radius 1 is 1.12 bits per heavy atom. The molecule has 8 heteroatoms. The molecule has 3 aromatic rings. The Kier molecular flexibility index (Phi) is 6.99. The summed E-state index contributed by atoms with van der Waals surface area (Å²) in [5.41, 5.74) is 2.11. The maximum atomic E-state index is 12.7. The lowest BCUT2D eigenvalue weighted by atomic mass is 9.96. The third kappa shape index (κ3) is 5.37. The minimum atomic E-state index is -0.219. The number of nitrogens with one attached hydrogen (secondary N) is 1. The summed E-state index contributed by atoms with van der Waals surface area (Å²) >= 11 is 6.23. The molecule has 0 atom stereocenters. The molecule has 33 heavy (non-hydrogen) atoms. The summed E-state index contributed by atoms with van der Waals surface area (Å²) in [6, 6.07) is 16.1. The summed E-state index contributed by atoms with van der Waals surface area (Å²) in [6.45, 7) is 5.82. The molecule has 2 heterocycles. The molecule has 0 aliphatic carbocycles. The summed E-state index contributed by atoms with van der Waals surface area (Å²) in [5, 5.41) is 8.14. The standard InChI is InChI=1S/C25H27ClN4O3/c1-3-33-21-8-5-19(6-9-21)27-25(32)18-12-14-29(15-13-18)23-10-11-24(31)30(28-23)20-7-4-17(2)22(26)16-20/h4-11,16,18H,3,12-15H2,1-2H3,(H,27,32). The molecule has 0 bridgehead atoms. The summed E-state index contributed by atoms with van der Waals surface area (Å²) in [4.78, 5) is 27.2. The Bertz CT molecular complexity index is 1190. The fourth-order valence-corrected chi connectivity index (χ4v) is 4.06. The number of carbonyl (C=O) groups is 1. The number of anilines is 2. The van der Waals surface area contributed by atoms with Gasteiger partial charge in [-0.2, -0.15) is 4.68 Å². The molecule has 7 nitrogen and oxygen atoms in total. The highest BCUT2D eigenvalue weighted by Crippen LogP contribution is 2.24. The zero-order valence-corrected chi connectivity index (χ0v) is 19.5. The SMILES string of the molecule is CCOc1ccc(NC(=O)C2CCN(c3ccc(=O)n(-c4ccc(C)c(Cl)c4)n3)CC2)cc1. The number of aromatic nitrogens is 2. The van der Waals surface area contributed by atoms with E-state index in [0.29, 0.717) is 49.1 Å². The van der Waals surface area contributed by atoms with Crippen molar-refractivity contribution in [2.24, 2.45) is 5.92 Å². The highest BCUT2D eigenvalue weighted by molar-refractivity contribution is 6.31. The Hall–Kier alpha value is -3.32. The maximum absolute atomic E-state index is 12.7. The zero-order valence-electron chi connectivity index (χ0n) is 18.8. The summed E-state index contributed by atoms with van der Waals surface area (Å²) in [5.74, 6) is 1.43. The van der Waals surface area contributed by atoms with Crippen molar-refractivity contribution in [3.05, 3.63) is 75.5 Å². The van der Waals surface area contributed by atoms with E-state index in [1.807, 2.05) is 50.2 Å². The van der Waals surface area contributed by atoms with Gasteiger partial charge in [0.15, 0.2) is 0 Å². The second kappa shape index (κ2) is 10.1. The van der Waals surface area contributed by atoms with Crippen LogP contribution in [-0.2, 0) is 4.79 Å². The van der Waals surface area contributed by atoms with Gasteiger partial charge in [-0.25, -0.2) is 0 Å². The Morgan fingerprint density at radius 2 is 1.85 bits per heavy atom. The molecule has 1 fully saturated rings. The van der Waals surface area contributed by atoms with Crippen molar-refractivity contribution in [2.45, 2.75) is 26.7 Å². The topological polar surface area (TPSA) is 76.5 Å². The third-order valence-electron chi connectivity index (χ3n) is 5.81. The molecule has 172 valence electrons. The lowest BCUT2D eigenvalue weighted by Crippen LogP contribution is -2.39. The van der Waals surface area contributed by atoms with Crippen LogP contribution in [0.4, 0.5) is 11.5 Å². The Labute approximate surface area is 197 Å². The molecule has 1 N–H and O–H groups in total. The van der Waals surface area contributed by atoms with Crippen LogP contribution in [0.15, 0.2) is 59.4 Å². The zero-order chi connectivity index (χ0) is 23.4. The minimum Gasteiger partial charge on any atom is -0.494 e. The number of aryl methyl sites for hydroxylation is 1. The van der Waals surface area contributed by atoms with E-state index in [9.17, 15) is 9.59 Å². The average molecular weight is 467 g/mol. The van der Waals surface area contributed by atoms with E-state index in [-0.39, 0.29) is 17.4 Å². The number of hydrogen-bond donors (Lipinski definition) is 1. The number of benzene rings is 2. The van der Waals surface area contributed by atoms with Crippen LogP contribution in [0.5, 0.6) is 5.75 Å². The van der Waals surface area contributed by atoms with Gasteiger partial charge in [-0.15, -0.1) is 5.10 Å². The predicted octanol–water partition coefficient (Wildman–Crippen LogP) is 4.45. The highest BCUT2D eigenvalue weighted by Gasteiger charge is 2.26. The van der Waals surface area contributed by atoms with Crippen LogP contribution in [0.25, 0.3) is 5.69 Å². The van der Waals surface area contributed by atoms with Crippen LogP contribution in [-0.4, -0.2) is 35.4 Å². The van der Waals surface area contributed by atoms with Gasteiger partial charge in [-0.05, 0) is 74.7 Å². The van der Waals surface area contributed by atoms with Gasteiger partial charge < -0.3 is 15.0 Å². The molecule has 2 aromatic carbocycles. The average Bonchev–Trinajstić information content (AvgIpc) is 2.83. The van der Waals surface area contributed by atoms with Gasteiger partial charge in [-0.3, -0.25) is 9.59 Å². The molecule has 0 radical (unpaired) electrons. The van der Waals surface area contributed by atoms with Crippen LogP contribution < -0.4 is 20.5 Å². The van der Waals surface area contributed by atoms with E-state index in [0.717, 1.165) is 17.0 Å². The van der Waals surface area contributed by atoms with Gasteiger partial charge in [0.2, 0.25) is 5.91 Å². The third-order valence-corrected chi connectivity index (χ3v) is 6.22. The summed E-state index contributed by atoms with van der Waals surface area (Å²) in [7, 11) is 0. The summed E-state index contributed by atoms with van der Waals surface area (Å²) in [6.07, 6.45) is 1.42. The first-order valence-electron chi connectivity index (χ1n) is 11.1. The van der Waals surface area contributed by atoms with Gasteiger partial charge in [-0.1, -0.05) is 17.7 Å². The largest absolute Gasteiger partial charge is 0.494 e. The molecular weight excluding hydrogens is 440 g/mol. The molecule has 1 aromatic heterocycles. The fraction of sp³-hybridized carbons (Fsp3) is 0.320. The molecule has 0 saturated carbocycles. The van der Waals surface area contributed by atoms with E-state index in [1.54, 1.807) is 12.1 Å². The first-order chi connectivity index (χ1) is 15.9. The number of nitrogens with zero attached hydrogens (tertiary/aromatic N) is 3. The molecule has 1 saturated heterocycles. The molecule has 1 aliphatic heterocycles. The van der Waals surface area contributed by atoms with E-state index in [2.05, 4.69) is 15.3 Å². The number of piperidine rings is 1. The fourth-order valence-electron chi connectivity index (χ4n) is 3.88. The van der Waals surface area contributed by atoms with Gasteiger partial charge in [0, 0.05) is 35.8 Å². The van der Waals surface area contributed by atoms with Crippen molar-refractivity contribution in [1.82, 2.24) is 9.78 Å². The number of rotatable bonds is 6. The van der Waals surface area contributed by atoms with Crippen LogP contribution in [0, 0.1) is 12.8 Å². The van der Waals surface area contributed by atoms with Gasteiger partial charge in [0.05, 0.1) is 12.3 Å². The van der Waals surface area contributed by atoms with E-state index in [4.69, 9.17) is 16.3 Å². The first kappa shape index (κ1) is 22.9. The maximum Gasteiger partial charge on any atom is 0.271 e. The normalized spacial score (nSPS) is 14.2. The van der Waals surface area contributed by atoms with Gasteiger partial charge >= 0.3 is 0 Å². The summed E-state index contributed by atoms with van der Waals surface area (Å²) < 4.78 is 6.81. The van der Waals surface area contributed by atoms with Crippen molar-refractivity contribution in [3.63, 3.8) is 0 Å². The number of hydrogen-bond acceptors (Lipinski definition) is 5. The van der Waals surface area contributed by atoms with E-state index < -0.39 is 0 Å². The van der Waals surface area contributed by atoms with Gasteiger partial charge in [0.25, 0.3) is 5.56 Å². The molecule has 0 unspecified atom stereocenters. The smallest absolute Gasteiger partial charge is 0.271 e. The van der Waals surface area contributed by atoms with Crippen LogP contribution in [0.2, 0.25) is 5.02 Å². The minimum absolute atomic E-state index is 0.0195. The van der Waals surface area contributed by atoms with Crippen LogP contribution in [0.3, 0.4) is 0 Å². The number of amides is 1. The van der Waals surface area contributed by atoms with Gasteiger partial charge in [0.1, 0.15) is 11.6 Å². The molecule has 4 rings (SSSR count). The van der Waals surface area contributed by atoms with Crippen molar-refractivity contribution in [3.8, 4) is 11.4 Å². The lowest BCUT2D eigenvalue weighted by Gasteiger charge is -2.32. The second-order valence-electron chi connectivity index (χ2n) is 8.08. The van der Waals surface area contributed by atoms with Crippen molar-refractivity contribution < 1.29 is 9.53 Å². The Balaban J connectivity index is 1.40.